The first-order chi connectivity index (χ1) is 9.05. The van der Waals surface area contributed by atoms with Gasteiger partial charge in [-0.25, -0.2) is 0 Å². The molecule has 2 N–H and O–H groups in total. The van der Waals surface area contributed by atoms with Crippen molar-refractivity contribution >= 4 is 0 Å². The molecule has 1 heterocycles. The number of ether oxygens (including phenoxy) is 1. The van der Waals surface area contributed by atoms with Crippen LogP contribution in [0, 0.1) is 0 Å². The van der Waals surface area contributed by atoms with Crippen LogP contribution in [0.5, 0.6) is 5.75 Å². The summed E-state index contributed by atoms with van der Waals surface area (Å²) in [6.07, 6.45) is 3.94. The molecule has 0 amide bonds. The number of likely N-dealkylation sites (tertiary alicyclic amines) is 1. The molecule has 0 radical (unpaired) electrons. The van der Waals surface area contributed by atoms with E-state index in [0.29, 0.717) is 6.04 Å². The molecule has 2 unspecified atom stereocenters. The molecule has 1 aliphatic rings. The lowest BCUT2D eigenvalue weighted by atomic mass is 9.84. The van der Waals surface area contributed by atoms with Gasteiger partial charge in [0.25, 0.3) is 0 Å². The molecule has 0 aromatic heterocycles. The molecule has 1 fully saturated rings. The number of nitrogens with zero attached hydrogens (tertiary/aromatic N) is 1. The minimum absolute atomic E-state index is 0.330. The highest BCUT2D eigenvalue weighted by molar-refractivity contribution is 5.32. The van der Waals surface area contributed by atoms with Crippen LogP contribution in [0.25, 0.3) is 0 Å². The minimum Gasteiger partial charge on any atom is -0.497 e. The highest BCUT2D eigenvalue weighted by atomic mass is 16.5. The average Bonchev–Trinajstić information content (AvgIpc) is 2.47. The van der Waals surface area contributed by atoms with Crippen molar-refractivity contribution in [3.05, 3.63) is 29.8 Å². The standard InChI is InChI=1S/C16H26N2O/c1-13(18-11-5-4-6-12-18)16(2,17)14-7-9-15(19-3)10-8-14/h7-10,13H,4-6,11-12,17H2,1-3H3. The lowest BCUT2D eigenvalue weighted by Gasteiger charge is -2.42. The van der Waals surface area contributed by atoms with E-state index in [9.17, 15) is 0 Å². The zero-order valence-electron chi connectivity index (χ0n) is 12.4. The van der Waals surface area contributed by atoms with E-state index in [1.807, 2.05) is 12.1 Å². The van der Waals surface area contributed by atoms with Crippen molar-refractivity contribution in [2.75, 3.05) is 20.2 Å². The molecule has 0 aliphatic carbocycles. The van der Waals surface area contributed by atoms with Gasteiger partial charge in [-0.15, -0.1) is 0 Å². The predicted octanol–water partition coefficient (Wildman–Crippen LogP) is 2.74. The van der Waals surface area contributed by atoms with Crippen LogP contribution in [0.1, 0.15) is 38.7 Å². The van der Waals surface area contributed by atoms with Crippen molar-refractivity contribution in [1.29, 1.82) is 0 Å². The van der Waals surface area contributed by atoms with E-state index in [1.54, 1.807) is 7.11 Å². The zero-order chi connectivity index (χ0) is 13.9. The minimum atomic E-state index is -0.330. The Kier molecular flexibility index (Phi) is 4.48. The Bertz CT molecular complexity index is 394. The smallest absolute Gasteiger partial charge is 0.118 e. The predicted molar refractivity (Wildman–Crippen MR) is 79.4 cm³/mol. The van der Waals surface area contributed by atoms with E-state index >= 15 is 0 Å². The molecule has 2 rings (SSSR count). The maximum Gasteiger partial charge on any atom is 0.118 e. The Balaban J connectivity index is 2.14. The molecular weight excluding hydrogens is 236 g/mol. The second-order valence-corrected chi connectivity index (χ2v) is 5.78. The largest absolute Gasteiger partial charge is 0.497 e. The molecule has 2 atom stereocenters. The van der Waals surface area contributed by atoms with Crippen molar-refractivity contribution in [2.45, 2.75) is 44.7 Å². The SMILES string of the molecule is COc1ccc(C(C)(N)C(C)N2CCCCC2)cc1. The molecule has 0 bridgehead atoms. The molecule has 0 saturated carbocycles. The summed E-state index contributed by atoms with van der Waals surface area (Å²) in [7, 11) is 1.69. The Morgan fingerprint density at radius 3 is 2.26 bits per heavy atom. The molecule has 1 aromatic rings. The van der Waals surface area contributed by atoms with E-state index in [-0.39, 0.29) is 5.54 Å². The van der Waals surface area contributed by atoms with Gasteiger partial charge in [0.1, 0.15) is 5.75 Å². The summed E-state index contributed by atoms with van der Waals surface area (Å²) in [6, 6.07) is 8.49. The normalized spacial score (nSPS) is 21.7. The highest BCUT2D eigenvalue weighted by Crippen LogP contribution is 2.28. The number of nitrogens with two attached hydrogens (primary N) is 1. The zero-order valence-corrected chi connectivity index (χ0v) is 12.4. The van der Waals surface area contributed by atoms with E-state index in [2.05, 4.69) is 30.9 Å². The fourth-order valence-electron chi connectivity index (χ4n) is 2.88. The van der Waals surface area contributed by atoms with Crippen molar-refractivity contribution in [1.82, 2.24) is 4.90 Å². The highest BCUT2D eigenvalue weighted by Gasteiger charge is 2.33. The molecule has 3 nitrogen and oxygen atoms in total. The summed E-state index contributed by atoms with van der Waals surface area (Å²) in [5.41, 5.74) is 7.46. The van der Waals surface area contributed by atoms with Crippen molar-refractivity contribution < 1.29 is 4.74 Å². The van der Waals surface area contributed by atoms with Gasteiger partial charge in [0.15, 0.2) is 0 Å². The molecule has 1 saturated heterocycles. The van der Waals surface area contributed by atoms with E-state index in [1.165, 1.54) is 37.9 Å². The van der Waals surface area contributed by atoms with Crippen molar-refractivity contribution in [3.63, 3.8) is 0 Å². The second-order valence-electron chi connectivity index (χ2n) is 5.78. The topological polar surface area (TPSA) is 38.5 Å². The maximum absolute atomic E-state index is 6.62. The number of methoxy groups -OCH3 is 1. The Labute approximate surface area is 116 Å². The summed E-state index contributed by atoms with van der Waals surface area (Å²) >= 11 is 0. The van der Waals surface area contributed by atoms with Crippen LogP contribution in [0.3, 0.4) is 0 Å². The molecule has 19 heavy (non-hydrogen) atoms. The summed E-state index contributed by atoms with van der Waals surface area (Å²) < 4.78 is 5.21. The monoisotopic (exact) mass is 262 g/mol. The number of piperidine rings is 1. The third kappa shape index (κ3) is 3.10. The van der Waals surface area contributed by atoms with Crippen LogP contribution in [-0.2, 0) is 5.54 Å². The van der Waals surface area contributed by atoms with Crippen molar-refractivity contribution in [3.8, 4) is 5.75 Å². The van der Waals surface area contributed by atoms with Crippen LogP contribution in [0.2, 0.25) is 0 Å². The van der Waals surface area contributed by atoms with Gasteiger partial charge in [-0.1, -0.05) is 18.6 Å². The summed E-state index contributed by atoms with van der Waals surface area (Å²) in [5, 5.41) is 0. The van der Waals surface area contributed by atoms with Crippen LogP contribution in [0.4, 0.5) is 0 Å². The van der Waals surface area contributed by atoms with Crippen LogP contribution in [-0.4, -0.2) is 31.1 Å². The first-order valence-corrected chi connectivity index (χ1v) is 7.23. The Morgan fingerprint density at radius 2 is 1.74 bits per heavy atom. The third-order valence-corrected chi connectivity index (χ3v) is 4.52. The fourth-order valence-corrected chi connectivity index (χ4v) is 2.88. The van der Waals surface area contributed by atoms with Crippen LogP contribution in [0.15, 0.2) is 24.3 Å². The maximum atomic E-state index is 6.62. The first kappa shape index (κ1) is 14.4. The first-order valence-electron chi connectivity index (χ1n) is 7.23. The van der Waals surface area contributed by atoms with Gasteiger partial charge >= 0.3 is 0 Å². The number of hydrogen-bond donors (Lipinski definition) is 1. The van der Waals surface area contributed by atoms with Gasteiger partial charge in [-0.05, 0) is 57.5 Å². The summed E-state index contributed by atoms with van der Waals surface area (Å²) in [6.45, 7) is 6.72. The molecule has 106 valence electrons. The van der Waals surface area contributed by atoms with Crippen LogP contribution < -0.4 is 10.5 Å². The van der Waals surface area contributed by atoms with E-state index in [4.69, 9.17) is 10.5 Å². The van der Waals surface area contributed by atoms with Crippen LogP contribution >= 0.6 is 0 Å². The van der Waals surface area contributed by atoms with Gasteiger partial charge in [0.2, 0.25) is 0 Å². The molecular formula is C16H26N2O. The lowest BCUT2D eigenvalue weighted by Crippen LogP contribution is -2.54. The van der Waals surface area contributed by atoms with Crippen molar-refractivity contribution in [2.24, 2.45) is 5.73 Å². The fraction of sp³-hybridized carbons (Fsp3) is 0.625. The quantitative estimate of drug-likeness (QED) is 0.906. The molecule has 3 heteroatoms. The van der Waals surface area contributed by atoms with E-state index < -0.39 is 0 Å². The lowest BCUT2D eigenvalue weighted by molar-refractivity contribution is 0.116. The van der Waals surface area contributed by atoms with E-state index in [0.717, 1.165) is 5.75 Å². The summed E-state index contributed by atoms with van der Waals surface area (Å²) in [4.78, 5) is 2.52. The number of benzene rings is 1. The van der Waals surface area contributed by atoms with Gasteiger partial charge < -0.3 is 10.5 Å². The van der Waals surface area contributed by atoms with Gasteiger partial charge in [-0.3, -0.25) is 4.90 Å². The number of hydrogen-bond acceptors (Lipinski definition) is 3. The summed E-state index contributed by atoms with van der Waals surface area (Å²) in [5.74, 6) is 0.880. The average molecular weight is 262 g/mol. The third-order valence-electron chi connectivity index (χ3n) is 4.52. The number of rotatable bonds is 4. The molecule has 1 aromatic carbocycles. The van der Waals surface area contributed by atoms with Gasteiger partial charge in [-0.2, -0.15) is 0 Å². The molecule has 0 spiro atoms. The Morgan fingerprint density at radius 1 is 1.16 bits per heavy atom. The Hall–Kier alpha value is -1.06. The van der Waals surface area contributed by atoms with Gasteiger partial charge in [0, 0.05) is 6.04 Å². The van der Waals surface area contributed by atoms with Gasteiger partial charge in [0.05, 0.1) is 12.6 Å². The molecule has 1 aliphatic heterocycles. The second kappa shape index (κ2) is 5.93.